The molecule has 154 valence electrons. The first-order chi connectivity index (χ1) is 14.6. The summed E-state index contributed by atoms with van der Waals surface area (Å²) in [5.41, 5.74) is 1.96. The van der Waals surface area contributed by atoms with Crippen molar-refractivity contribution in [2.75, 3.05) is 11.9 Å². The number of hydrogen-bond donors (Lipinski definition) is 1. The van der Waals surface area contributed by atoms with Gasteiger partial charge in [-0.25, -0.2) is 4.98 Å². The normalized spacial score (nSPS) is 15.0. The molecule has 1 saturated carbocycles. The van der Waals surface area contributed by atoms with Gasteiger partial charge < -0.3 is 4.74 Å². The van der Waals surface area contributed by atoms with E-state index in [4.69, 9.17) is 16.3 Å². The quantitative estimate of drug-likeness (QED) is 0.517. The lowest BCUT2D eigenvalue weighted by Gasteiger charge is -2.27. The molecule has 1 heterocycles. The smallest absolute Gasteiger partial charge is 0.317 e. The summed E-state index contributed by atoms with van der Waals surface area (Å²) in [5, 5.41) is 5.69. The fraction of sp³-hybridized carbons (Fsp3) is 0.261. The molecule has 1 aliphatic rings. The van der Waals surface area contributed by atoms with Crippen LogP contribution in [0.15, 0.2) is 60.0 Å². The number of benzene rings is 2. The van der Waals surface area contributed by atoms with Gasteiger partial charge >= 0.3 is 5.97 Å². The number of ether oxygens (including phenoxy) is 1. The van der Waals surface area contributed by atoms with Crippen LogP contribution in [-0.4, -0.2) is 23.5 Å². The van der Waals surface area contributed by atoms with Crippen LogP contribution in [0.1, 0.15) is 31.2 Å². The molecule has 0 radical (unpaired) electrons. The topological polar surface area (TPSA) is 68.3 Å². The van der Waals surface area contributed by atoms with Crippen molar-refractivity contribution in [3.8, 4) is 11.3 Å². The highest BCUT2D eigenvalue weighted by molar-refractivity contribution is 7.14. The maximum atomic E-state index is 13.0. The van der Waals surface area contributed by atoms with E-state index in [0.717, 1.165) is 29.7 Å². The van der Waals surface area contributed by atoms with E-state index in [1.54, 1.807) is 12.1 Å². The maximum Gasteiger partial charge on any atom is 0.317 e. The number of halogens is 1. The highest BCUT2D eigenvalue weighted by Gasteiger charge is 2.44. The molecule has 2 aromatic carbocycles. The minimum atomic E-state index is -0.702. The summed E-state index contributed by atoms with van der Waals surface area (Å²) >= 11 is 7.32. The third-order valence-electron chi connectivity index (χ3n) is 5.40. The third-order valence-corrected chi connectivity index (χ3v) is 6.41. The molecule has 1 N–H and O–H groups in total. The minimum absolute atomic E-state index is 0.339. The van der Waals surface area contributed by atoms with Gasteiger partial charge in [-0.3, -0.25) is 14.9 Å². The van der Waals surface area contributed by atoms with E-state index in [1.165, 1.54) is 11.3 Å². The van der Waals surface area contributed by atoms with Crippen molar-refractivity contribution in [2.45, 2.75) is 31.1 Å². The first-order valence-corrected chi connectivity index (χ1v) is 11.1. The molecule has 0 aliphatic heterocycles. The molecule has 0 saturated heterocycles. The number of nitrogens with zero attached hydrogens (tertiary/aromatic N) is 1. The number of hydrogen-bond acceptors (Lipinski definition) is 5. The van der Waals surface area contributed by atoms with Crippen LogP contribution in [0.3, 0.4) is 0 Å². The van der Waals surface area contributed by atoms with Crippen molar-refractivity contribution < 1.29 is 14.3 Å². The SMILES string of the molecule is O=C(COC(=O)C1(c2ccc(Cl)cc2)CCCC1)Nc1nc(-c2ccccc2)cs1. The van der Waals surface area contributed by atoms with Crippen molar-refractivity contribution in [2.24, 2.45) is 0 Å². The number of nitrogens with one attached hydrogen (secondary N) is 1. The molecule has 7 heteroatoms. The summed E-state index contributed by atoms with van der Waals surface area (Å²) in [5.74, 6) is -0.761. The molecule has 30 heavy (non-hydrogen) atoms. The molecule has 0 bridgehead atoms. The van der Waals surface area contributed by atoms with Gasteiger partial charge in [0.15, 0.2) is 11.7 Å². The highest BCUT2D eigenvalue weighted by atomic mass is 35.5. The monoisotopic (exact) mass is 440 g/mol. The third kappa shape index (κ3) is 4.40. The van der Waals surface area contributed by atoms with Gasteiger partial charge in [0.1, 0.15) is 0 Å². The molecular weight excluding hydrogens is 420 g/mol. The van der Waals surface area contributed by atoms with Crippen LogP contribution in [0.4, 0.5) is 5.13 Å². The first kappa shape index (κ1) is 20.6. The average molecular weight is 441 g/mol. The molecule has 0 spiro atoms. The van der Waals surface area contributed by atoms with Crippen LogP contribution in [0.5, 0.6) is 0 Å². The Balaban J connectivity index is 1.38. The molecule has 1 aliphatic carbocycles. The second-order valence-corrected chi connectivity index (χ2v) is 8.62. The fourth-order valence-electron chi connectivity index (χ4n) is 3.86. The van der Waals surface area contributed by atoms with E-state index in [-0.39, 0.29) is 12.6 Å². The summed E-state index contributed by atoms with van der Waals surface area (Å²) in [6.07, 6.45) is 3.32. The Bertz CT molecular complexity index is 1030. The van der Waals surface area contributed by atoms with Gasteiger partial charge in [0.2, 0.25) is 0 Å². The number of aromatic nitrogens is 1. The largest absolute Gasteiger partial charge is 0.455 e. The molecule has 3 aromatic rings. The lowest BCUT2D eigenvalue weighted by molar-refractivity contribution is -0.153. The van der Waals surface area contributed by atoms with Gasteiger partial charge in [0.25, 0.3) is 5.91 Å². The lowest BCUT2D eigenvalue weighted by atomic mass is 9.79. The number of anilines is 1. The van der Waals surface area contributed by atoms with E-state index in [1.807, 2.05) is 47.8 Å². The van der Waals surface area contributed by atoms with E-state index in [9.17, 15) is 9.59 Å². The van der Waals surface area contributed by atoms with Crippen LogP contribution in [0.2, 0.25) is 5.02 Å². The Morgan fingerprint density at radius 3 is 2.47 bits per heavy atom. The number of amides is 1. The van der Waals surface area contributed by atoms with Gasteiger partial charge in [-0.15, -0.1) is 11.3 Å². The molecule has 1 fully saturated rings. The Kier molecular flexibility index (Phi) is 6.16. The zero-order valence-electron chi connectivity index (χ0n) is 16.3. The lowest BCUT2D eigenvalue weighted by Crippen LogP contribution is -2.36. The Hall–Kier alpha value is -2.70. The summed E-state index contributed by atoms with van der Waals surface area (Å²) in [7, 11) is 0. The number of carbonyl (C=O) groups is 2. The van der Waals surface area contributed by atoms with E-state index in [2.05, 4.69) is 10.3 Å². The molecule has 0 unspecified atom stereocenters. The first-order valence-electron chi connectivity index (χ1n) is 9.81. The standard InChI is InChI=1S/C23H21ClN2O3S/c24-18-10-8-17(9-11-18)23(12-4-5-13-23)21(28)29-14-20(27)26-22-25-19(15-30-22)16-6-2-1-3-7-16/h1-3,6-11,15H,4-5,12-14H2,(H,25,26,27). The summed E-state index contributed by atoms with van der Waals surface area (Å²) in [4.78, 5) is 29.7. The zero-order chi connectivity index (χ0) is 21.0. The van der Waals surface area contributed by atoms with Gasteiger partial charge in [-0.2, -0.15) is 0 Å². The molecular formula is C23H21ClN2O3S. The summed E-state index contributed by atoms with van der Waals surface area (Å²) in [6.45, 7) is -0.339. The predicted octanol–water partition coefficient (Wildman–Crippen LogP) is 5.46. The van der Waals surface area contributed by atoms with E-state index in [0.29, 0.717) is 23.0 Å². The van der Waals surface area contributed by atoms with Crippen molar-refractivity contribution >= 4 is 39.9 Å². The molecule has 1 aromatic heterocycles. The van der Waals surface area contributed by atoms with Gasteiger partial charge in [0.05, 0.1) is 11.1 Å². The summed E-state index contributed by atoms with van der Waals surface area (Å²) in [6, 6.07) is 17.0. The number of thiazole rings is 1. The molecule has 4 rings (SSSR count). The summed E-state index contributed by atoms with van der Waals surface area (Å²) < 4.78 is 5.43. The second kappa shape index (κ2) is 8.98. The highest BCUT2D eigenvalue weighted by Crippen LogP contribution is 2.42. The van der Waals surface area contributed by atoms with Gasteiger partial charge in [0, 0.05) is 16.0 Å². The van der Waals surface area contributed by atoms with Crippen molar-refractivity contribution in [1.29, 1.82) is 0 Å². The van der Waals surface area contributed by atoms with Crippen molar-refractivity contribution in [1.82, 2.24) is 4.98 Å². The van der Waals surface area contributed by atoms with Crippen LogP contribution in [-0.2, 0) is 19.7 Å². The Morgan fingerprint density at radius 2 is 1.77 bits per heavy atom. The van der Waals surface area contributed by atoms with Crippen LogP contribution >= 0.6 is 22.9 Å². The molecule has 5 nitrogen and oxygen atoms in total. The zero-order valence-corrected chi connectivity index (χ0v) is 17.8. The number of esters is 1. The number of rotatable bonds is 6. The predicted molar refractivity (Wildman–Crippen MR) is 119 cm³/mol. The van der Waals surface area contributed by atoms with E-state index < -0.39 is 11.3 Å². The van der Waals surface area contributed by atoms with Gasteiger partial charge in [-0.1, -0.05) is 66.9 Å². The van der Waals surface area contributed by atoms with Crippen LogP contribution < -0.4 is 5.32 Å². The van der Waals surface area contributed by atoms with Crippen LogP contribution in [0, 0.1) is 0 Å². The number of carbonyl (C=O) groups excluding carboxylic acids is 2. The molecule has 0 atom stereocenters. The van der Waals surface area contributed by atoms with Crippen molar-refractivity contribution in [3.05, 3.63) is 70.6 Å². The average Bonchev–Trinajstić information content (AvgIpc) is 3.44. The van der Waals surface area contributed by atoms with Gasteiger partial charge in [-0.05, 0) is 30.5 Å². The minimum Gasteiger partial charge on any atom is -0.455 e. The Labute approximate surface area is 184 Å². The Morgan fingerprint density at radius 1 is 1.07 bits per heavy atom. The molecule has 1 amide bonds. The van der Waals surface area contributed by atoms with E-state index >= 15 is 0 Å². The second-order valence-electron chi connectivity index (χ2n) is 7.32. The van der Waals surface area contributed by atoms with Crippen LogP contribution in [0.25, 0.3) is 11.3 Å². The fourth-order valence-corrected chi connectivity index (χ4v) is 4.72. The van der Waals surface area contributed by atoms with Crippen molar-refractivity contribution in [3.63, 3.8) is 0 Å². The maximum absolute atomic E-state index is 13.0.